The smallest absolute Gasteiger partial charge is 0.271 e. The van der Waals surface area contributed by atoms with E-state index in [1.54, 1.807) is 12.1 Å². The van der Waals surface area contributed by atoms with Crippen LogP contribution in [-0.2, 0) is 17.5 Å². The lowest BCUT2D eigenvalue weighted by Gasteiger charge is -2.05. The fraction of sp³-hybridized carbons (Fsp3) is 0.125. The number of amides is 1. The summed E-state index contributed by atoms with van der Waals surface area (Å²) >= 11 is 0. The minimum Gasteiger partial charge on any atom is -0.271 e. The topological polar surface area (TPSA) is 72.2 Å². The Bertz CT molecular complexity index is 915. The van der Waals surface area contributed by atoms with Gasteiger partial charge in [0.1, 0.15) is 12.1 Å². The number of benzene rings is 2. The number of carbonyl (C=O) groups excluding carboxylic acids is 1. The molecule has 9 heteroatoms. The zero-order valence-electron chi connectivity index (χ0n) is 12.7. The Morgan fingerprint density at radius 3 is 2.60 bits per heavy atom. The van der Waals surface area contributed by atoms with Gasteiger partial charge in [-0.05, 0) is 29.8 Å². The standard InChI is InChI=1S/C16H12F3N5O/c17-16(18,19)12-7-5-11(6-8-12)9-20-22-15(25)10-24-14-4-2-1-3-13(14)21-23-24/h1-9H,10H2,(H,22,25)/b20-9-. The van der Waals surface area contributed by atoms with Crippen LogP contribution in [0.4, 0.5) is 13.2 Å². The lowest BCUT2D eigenvalue weighted by molar-refractivity contribution is -0.137. The molecule has 6 nitrogen and oxygen atoms in total. The zero-order valence-corrected chi connectivity index (χ0v) is 12.7. The first kappa shape index (κ1) is 16.6. The molecule has 0 bridgehead atoms. The lowest BCUT2D eigenvalue weighted by Crippen LogP contribution is -2.23. The number of rotatable bonds is 4. The molecule has 0 unspecified atom stereocenters. The van der Waals surface area contributed by atoms with Crippen molar-refractivity contribution in [1.29, 1.82) is 0 Å². The highest BCUT2D eigenvalue weighted by atomic mass is 19.4. The number of para-hydroxylation sites is 1. The molecular formula is C16H12F3N5O. The van der Waals surface area contributed by atoms with E-state index in [0.717, 1.165) is 12.1 Å². The minimum absolute atomic E-state index is 0.0785. The van der Waals surface area contributed by atoms with Crippen molar-refractivity contribution in [2.45, 2.75) is 12.7 Å². The normalized spacial score (nSPS) is 12.0. The van der Waals surface area contributed by atoms with Crippen LogP contribution in [0.1, 0.15) is 11.1 Å². The molecule has 0 aliphatic carbocycles. The van der Waals surface area contributed by atoms with E-state index in [-0.39, 0.29) is 6.54 Å². The van der Waals surface area contributed by atoms with Crippen molar-refractivity contribution in [3.05, 3.63) is 59.7 Å². The summed E-state index contributed by atoms with van der Waals surface area (Å²) in [6, 6.07) is 11.6. The second-order valence-electron chi connectivity index (χ2n) is 5.15. The van der Waals surface area contributed by atoms with E-state index in [9.17, 15) is 18.0 Å². The maximum Gasteiger partial charge on any atom is 0.416 e. The molecule has 0 saturated heterocycles. The van der Waals surface area contributed by atoms with E-state index < -0.39 is 17.6 Å². The van der Waals surface area contributed by atoms with Crippen molar-refractivity contribution in [1.82, 2.24) is 20.4 Å². The summed E-state index contributed by atoms with van der Waals surface area (Å²) in [6.45, 7) is -0.0785. The van der Waals surface area contributed by atoms with Crippen LogP contribution in [0.15, 0.2) is 53.6 Å². The van der Waals surface area contributed by atoms with Gasteiger partial charge in [-0.1, -0.05) is 29.5 Å². The molecule has 0 aliphatic rings. The summed E-state index contributed by atoms with van der Waals surface area (Å²) in [4.78, 5) is 11.9. The maximum atomic E-state index is 12.5. The number of nitrogens with zero attached hydrogens (tertiary/aromatic N) is 4. The van der Waals surface area contributed by atoms with E-state index in [1.807, 2.05) is 12.1 Å². The van der Waals surface area contributed by atoms with Gasteiger partial charge in [0.2, 0.25) is 0 Å². The van der Waals surface area contributed by atoms with Crippen LogP contribution >= 0.6 is 0 Å². The Labute approximate surface area is 139 Å². The number of nitrogens with one attached hydrogen (secondary N) is 1. The van der Waals surface area contributed by atoms with Crippen LogP contribution in [0, 0.1) is 0 Å². The summed E-state index contributed by atoms with van der Waals surface area (Å²) < 4.78 is 38.8. The number of carbonyl (C=O) groups is 1. The second-order valence-corrected chi connectivity index (χ2v) is 5.15. The van der Waals surface area contributed by atoms with Gasteiger partial charge in [0.25, 0.3) is 5.91 Å². The van der Waals surface area contributed by atoms with Crippen molar-refractivity contribution in [3.63, 3.8) is 0 Å². The number of fused-ring (bicyclic) bond motifs is 1. The highest BCUT2D eigenvalue weighted by molar-refractivity contribution is 5.83. The van der Waals surface area contributed by atoms with Gasteiger partial charge in [0, 0.05) is 0 Å². The zero-order chi connectivity index (χ0) is 17.9. The molecule has 0 fully saturated rings. The van der Waals surface area contributed by atoms with Crippen molar-refractivity contribution < 1.29 is 18.0 Å². The summed E-state index contributed by atoms with van der Waals surface area (Å²) in [6.07, 6.45) is -3.12. The molecule has 0 radical (unpaired) electrons. The molecule has 2 aromatic carbocycles. The lowest BCUT2D eigenvalue weighted by atomic mass is 10.1. The van der Waals surface area contributed by atoms with E-state index >= 15 is 0 Å². The monoisotopic (exact) mass is 347 g/mol. The molecule has 1 aromatic heterocycles. The van der Waals surface area contributed by atoms with Crippen molar-refractivity contribution in [3.8, 4) is 0 Å². The van der Waals surface area contributed by atoms with E-state index in [4.69, 9.17) is 0 Å². The second kappa shape index (κ2) is 6.71. The Balaban J connectivity index is 1.59. The van der Waals surface area contributed by atoms with Crippen LogP contribution in [0.5, 0.6) is 0 Å². The molecule has 0 aliphatic heterocycles. The molecule has 1 N–H and O–H groups in total. The fourth-order valence-corrected chi connectivity index (χ4v) is 2.14. The summed E-state index contributed by atoms with van der Waals surface area (Å²) in [5, 5.41) is 11.5. The van der Waals surface area contributed by atoms with Gasteiger partial charge in [0.05, 0.1) is 17.3 Å². The summed E-state index contributed by atoms with van der Waals surface area (Å²) in [5.74, 6) is -0.432. The molecule has 25 heavy (non-hydrogen) atoms. The first-order chi connectivity index (χ1) is 11.9. The molecule has 3 aromatic rings. The molecule has 128 valence electrons. The summed E-state index contributed by atoms with van der Waals surface area (Å²) in [7, 11) is 0. The number of hydrogen-bond acceptors (Lipinski definition) is 4. The average molecular weight is 347 g/mol. The molecule has 3 rings (SSSR count). The first-order valence-electron chi connectivity index (χ1n) is 7.21. The predicted octanol–water partition coefficient (Wildman–Crippen LogP) is 2.60. The molecule has 1 amide bonds. The quantitative estimate of drug-likeness (QED) is 0.582. The Hall–Kier alpha value is -3.23. The number of hydrogen-bond donors (Lipinski definition) is 1. The number of halogens is 3. The largest absolute Gasteiger partial charge is 0.416 e. The van der Waals surface area contributed by atoms with Crippen LogP contribution in [0.2, 0.25) is 0 Å². The van der Waals surface area contributed by atoms with Gasteiger partial charge >= 0.3 is 6.18 Å². The van der Waals surface area contributed by atoms with Crippen LogP contribution in [-0.4, -0.2) is 27.1 Å². The third-order valence-electron chi connectivity index (χ3n) is 3.35. The highest BCUT2D eigenvalue weighted by Crippen LogP contribution is 2.28. The third kappa shape index (κ3) is 4.00. The van der Waals surface area contributed by atoms with Gasteiger partial charge in [-0.2, -0.15) is 18.3 Å². The predicted molar refractivity (Wildman–Crippen MR) is 84.7 cm³/mol. The Morgan fingerprint density at radius 1 is 1.16 bits per heavy atom. The number of alkyl halides is 3. The van der Waals surface area contributed by atoms with Crippen LogP contribution in [0.25, 0.3) is 11.0 Å². The highest BCUT2D eigenvalue weighted by Gasteiger charge is 2.29. The van der Waals surface area contributed by atoms with Crippen LogP contribution < -0.4 is 5.43 Å². The molecular weight excluding hydrogens is 335 g/mol. The Morgan fingerprint density at radius 2 is 1.88 bits per heavy atom. The third-order valence-corrected chi connectivity index (χ3v) is 3.35. The van der Waals surface area contributed by atoms with Gasteiger partial charge in [-0.15, -0.1) is 5.10 Å². The van der Waals surface area contributed by atoms with Gasteiger partial charge < -0.3 is 0 Å². The van der Waals surface area contributed by atoms with Crippen LogP contribution in [0.3, 0.4) is 0 Å². The van der Waals surface area contributed by atoms with Crippen molar-refractivity contribution >= 4 is 23.2 Å². The first-order valence-corrected chi connectivity index (χ1v) is 7.21. The van der Waals surface area contributed by atoms with Gasteiger partial charge in [-0.25, -0.2) is 10.1 Å². The summed E-state index contributed by atoms with van der Waals surface area (Å²) in [5.41, 5.74) is 3.37. The van der Waals surface area contributed by atoms with E-state index in [2.05, 4.69) is 20.8 Å². The Kier molecular flexibility index (Phi) is 4.46. The molecule has 1 heterocycles. The number of aromatic nitrogens is 3. The minimum atomic E-state index is -4.38. The molecule has 0 saturated carbocycles. The molecule has 0 spiro atoms. The van der Waals surface area contributed by atoms with Gasteiger partial charge in [0.15, 0.2) is 0 Å². The van der Waals surface area contributed by atoms with E-state index in [0.29, 0.717) is 16.6 Å². The van der Waals surface area contributed by atoms with E-state index in [1.165, 1.54) is 23.0 Å². The van der Waals surface area contributed by atoms with Crippen molar-refractivity contribution in [2.24, 2.45) is 5.10 Å². The fourth-order valence-electron chi connectivity index (χ4n) is 2.14. The molecule has 0 atom stereocenters. The van der Waals surface area contributed by atoms with Crippen molar-refractivity contribution in [2.75, 3.05) is 0 Å². The maximum absolute atomic E-state index is 12.5. The van der Waals surface area contributed by atoms with Gasteiger partial charge in [-0.3, -0.25) is 4.79 Å². The average Bonchev–Trinajstić information content (AvgIpc) is 2.98. The SMILES string of the molecule is O=C(Cn1nnc2ccccc21)N/N=C\c1ccc(C(F)(F)F)cc1. The number of hydrazone groups is 1.